The molecule has 0 bridgehead atoms. The number of Topliss-reactive ketones (excluding diaryl/α,β-unsaturated/α-hetero) is 1. The van der Waals surface area contributed by atoms with Crippen molar-refractivity contribution in [1.29, 1.82) is 0 Å². The largest absolute Gasteiger partial charge is 0.453 e. The van der Waals surface area contributed by atoms with Gasteiger partial charge in [0, 0.05) is 38.8 Å². The van der Waals surface area contributed by atoms with Crippen molar-refractivity contribution in [3.63, 3.8) is 0 Å². The highest BCUT2D eigenvalue weighted by molar-refractivity contribution is 5.99. The molecule has 1 atom stereocenters. The van der Waals surface area contributed by atoms with E-state index in [2.05, 4.69) is 14.8 Å². The van der Waals surface area contributed by atoms with Crippen LogP contribution in [0.3, 0.4) is 0 Å². The number of fused-ring (bicyclic) bond motifs is 2. The molecule has 0 spiro atoms. The number of carbonyl (C=O) groups is 1. The van der Waals surface area contributed by atoms with Crippen molar-refractivity contribution >= 4 is 22.6 Å². The van der Waals surface area contributed by atoms with Gasteiger partial charge in [0.1, 0.15) is 11.4 Å². The molecule has 2 aromatic rings. The van der Waals surface area contributed by atoms with Gasteiger partial charge in [0.05, 0.1) is 5.39 Å². The molecule has 0 aromatic carbocycles. The summed E-state index contributed by atoms with van der Waals surface area (Å²) in [6.07, 6.45) is 5.70. The Bertz CT molecular complexity index is 709. The summed E-state index contributed by atoms with van der Waals surface area (Å²) in [6.45, 7) is 5.87. The SMILES string of the molecule is CC(=O)c1cc2c(N3CCN4CCCC[C@@H]4C3)nccc2o1. The first-order valence-electron chi connectivity index (χ1n) is 8.11. The molecule has 2 aliphatic rings. The second kappa shape index (κ2) is 5.39. The summed E-state index contributed by atoms with van der Waals surface area (Å²) >= 11 is 0. The van der Waals surface area contributed by atoms with Crippen LogP contribution in [0.2, 0.25) is 0 Å². The summed E-state index contributed by atoms with van der Waals surface area (Å²) < 4.78 is 5.64. The topological polar surface area (TPSA) is 49.6 Å². The fourth-order valence-corrected chi connectivity index (χ4v) is 3.72. The minimum atomic E-state index is -0.0424. The lowest BCUT2D eigenvalue weighted by Crippen LogP contribution is -2.55. The Morgan fingerprint density at radius 2 is 2.23 bits per heavy atom. The lowest BCUT2D eigenvalue weighted by atomic mass is 9.99. The molecule has 116 valence electrons. The van der Waals surface area contributed by atoms with Gasteiger partial charge in [-0.1, -0.05) is 6.42 Å². The van der Waals surface area contributed by atoms with Crippen LogP contribution in [-0.2, 0) is 0 Å². The molecule has 0 N–H and O–H groups in total. The maximum Gasteiger partial charge on any atom is 0.194 e. The molecular weight excluding hydrogens is 278 g/mol. The highest BCUT2D eigenvalue weighted by Gasteiger charge is 2.30. The van der Waals surface area contributed by atoms with Crippen LogP contribution in [0.1, 0.15) is 36.7 Å². The number of pyridine rings is 1. The third-order valence-corrected chi connectivity index (χ3v) is 4.91. The number of hydrogen-bond donors (Lipinski definition) is 0. The molecule has 0 amide bonds. The molecule has 5 heteroatoms. The van der Waals surface area contributed by atoms with Gasteiger partial charge in [0.25, 0.3) is 0 Å². The van der Waals surface area contributed by atoms with E-state index < -0.39 is 0 Å². The van der Waals surface area contributed by atoms with E-state index in [1.807, 2.05) is 12.1 Å². The predicted octanol–water partition coefficient (Wildman–Crippen LogP) is 2.70. The van der Waals surface area contributed by atoms with Crippen molar-refractivity contribution < 1.29 is 9.21 Å². The molecule has 4 rings (SSSR count). The van der Waals surface area contributed by atoms with E-state index in [0.717, 1.165) is 36.4 Å². The summed E-state index contributed by atoms with van der Waals surface area (Å²) in [7, 11) is 0. The smallest absolute Gasteiger partial charge is 0.194 e. The summed E-state index contributed by atoms with van der Waals surface area (Å²) in [6, 6.07) is 4.31. The van der Waals surface area contributed by atoms with Gasteiger partial charge in [-0.25, -0.2) is 4.98 Å². The van der Waals surface area contributed by atoms with Crippen LogP contribution in [0.4, 0.5) is 5.82 Å². The van der Waals surface area contributed by atoms with Crippen molar-refractivity contribution in [3.05, 3.63) is 24.1 Å². The van der Waals surface area contributed by atoms with Crippen LogP contribution < -0.4 is 4.90 Å². The number of piperazine rings is 1. The Labute approximate surface area is 129 Å². The molecule has 22 heavy (non-hydrogen) atoms. The number of furan rings is 1. The minimum Gasteiger partial charge on any atom is -0.453 e. The van der Waals surface area contributed by atoms with E-state index in [-0.39, 0.29) is 5.78 Å². The summed E-state index contributed by atoms with van der Waals surface area (Å²) in [5, 5.41) is 0.956. The number of hydrogen-bond acceptors (Lipinski definition) is 5. The van der Waals surface area contributed by atoms with Gasteiger partial charge >= 0.3 is 0 Å². The van der Waals surface area contributed by atoms with Crippen LogP contribution in [0.25, 0.3) is 11.0 Å². The minimum absolute atomic E-state index is 0.0424. The number of piperidine rings is 1. The van der Waals surface area contributed by atoms with Crippen LogP contribution in [0.5, 0.6) is 0 Å². The molecule has 0 aliphatic carbocycles. The van der Waals surface area contributed by atoms with Crippen LogP contribution in [0.15, 0.2) is 22.7 Å². The summed E-state index contributed by atoms with van der Waals surface area (Å²) in [5.74, 6) is 1.33. The molecule has 0 saturated carbocycles. The van der Waals surface area contributed by atoms with Crippen LogP contribution >= 0.6 is 0 Å². The first-order valence-corrected chi connectivity index (χ1v) is 8.11. The summed E-state index contributed by atoms with van der Waals surface area (Å²) in [5.41, 5.74) is 0.751. The fraction of sp³-hybridized carbons (Fsp3) is 0.529. The number of ketones is 1. The van der Waals surface area contributed by atoms with E-state index in [1.54, 1.807) is 6.20 Å². The number of rotatable bonds is 2. The molecule has 2 fully saturated rings. The number of carbonyl (C=O) groups excluding carboxylic acids is 1. The maximum absolute atomic E-state index is 11.6. The number of nitrogens with zero attached hydrogens (tertiary/aromatic N) is 3. The highest BCUT2D eigenvalue weighted by atomic mass is 16.3. The van der Waals surface area contributed by atoms with E-state index in [0.29, 0.717) is 11.8 Å². The Kier molecular flexibility index (Phi) is 3.37. The van der Waals surface area contributed by atoms with E-state index in [9.17, 15) is 4.79 Å². The molecule has 2 aliphatic heterocycles. The quantitative estimate of drug-likeness (QED) is 0.798. The first-order chi connectivity index (χ1) is 10.7. The third-order valence-electron chi connectivity index (χ3n) is 4.91. The van der Waals surface area contributed by atoms with Gasteiger partial charge in [0.15, 0.2) is 11.5 Å². The van der Waals surface area contributed by atoms with Crippen molar-refractivity contribution in [1.82, 2.24) is 9.88 Å². The van der Waals surface area contributed by atoms with E-state index in [1.165, 1.54) is 32.7 Å². The second-order valence-corrected chi connectivity index (χ2v) is 6.34. The molecular formula is C17H21N3O2. The molecule has 5 nitrogen and oxygen atoms in total. The molecule has 0 radical (unpaired) electrons. The lowest BCUT2D eigenvalue weighted by molar-refractivity contribution is 0.0989. The number of anilines is 1. The van der Waals surface area contributed by atoms with Gasteiger partial charge in [-0.15, -0.1) is 0 Å². The summed E-state index contributed by atoms with van der Waals surface area (Å²) in [4.78, 5) is 21.1. The van der Waals surface area contributed by atoms with E-state index >= 15 is 0 Å². The van der Waals surface area contributed by atoms with Crippen LogP contribution in [-0.4, -0.2) is 47.9 Å². The zero-order valence-electron chi connectivity index (χ0n) is 12.9. The number of aromatic nitrogens is 1. The Morgan fingerprint density at radius 3 is 3.09 bits per heavy atom. The first kappa shape index (κ1) is 13.8. The Morgan fingerprint density at radius 1 is 1.32 bits per heavy atom. The highest BCUT2D eigenvalue weighted by Crippen LogP contribution is 2.30. The standard InChI is InChI=1S/C17H21N3O2/c1-12(21)16-10-14-15(22-16)5-6-18-17(14)20-9-8-19-7-3-2-4-13(19)11-20/h5-6,10,13H,2-4,7-9,11H2,1H3/t13-/m1/s1. The van der Waals surface area contributed by atoms with Crippen molar-refractivity contribution in [2.75, 3.05) is 31.1 Å². The third kappa shape index (κ3) is 2.29. The van der Waals surface area contributed by atoms with Crippen LogP contribution in [0, 0.1) is 0 Å². The van der Waals surface area contributed by atoms with E-state index in [4.69, 9.17) is 4.42 Å². The second-order valence-electron chi connectivity index (χ2n) is 6.34. The van der Waals surface area contributed by atoms with Crippen molar-refractivity contribution in [2.45, 2.75) is 32.2 Å². The maximum atomic E-state index is 11.6. The lowest BCUT2D eigenvalue weighted by Gasteiger charge is -2.44. The average Bonchev–Trinajstić information content (AvgIpc) is 2.99. The molecule has 2 saturated heterocycles. The van der Waals surface area contributed by atoms with Crippen molar-refractivity contribution in [2.24, 2.45) is 0 Å². The zero-order chi connectivity index (χ0) is 15.1. The normalized spacial score (nSPS) is 22.8. The fourth-order valence-electron chi connectivity index (χ4n) is 3.72. The zero-order valence-corrected chi connectivity index (χ0v) is 12.9. The van der Waals surface area contributed by atoms with Gasteiger partial charge in [-0.05, 0) is 31.5 Å². The van der Waals surface area contributed by atoms with Gasteiger partial charge in [-0.3, -0.25) is 9.69 Å². The Hall–Kier alpha value is -1.88. The predicted molar refractivity (Wildman–Crippen MR) is 85.4 cm³/mol. The van der Waals surface area contributed by atoms with Gasteiger partial charge < -0.3 is 9.32 Å². The molecule has 0 unspecified atom stereocenters. The average molecular weight is 299 g/mol. The Balaban J connectivity index is 1.67. The monoisotopic (exact) mass is 299 g/mol. The van der Waals surface area contributed by atoms with Gasteiger partial charge in [-0.2, -0.15) is 0 Å². The van der Waals surface area contributed by atoms with Crippen molar-refractivity contribution in [3.8, 4) is 0 Å². The molecule has 2 aromatic heterocycles. The van der Waals surface area contributed by atoms with Gasteiger partial charge in [0.2, 0.25) is 0 Å². The molecule has 4 heterocycles.